The van der Waals surface area contributed by atoms with Crippen LogP contribution in [0.5, 0.6) is 5.75 Å². The number of hydrogen-bond acceptors (Lipinski definition) is 4. The SMILES string of the molecule is CNCOc1ccc(NS(C)(=O)=O)c(F)c1. The van der Waals surface area contributed by atoms with Gasteiger partial charge >= 0.3 is 0 Å². The Bertz CT molecular complexity index is 462. The molecule has 0 aliphatic heterocycles. The highest BCUT2D eigenvalue weighted by Crippen LogP contribution is 2.21. The first kappa shape index (κ1) is 12.7. The van der Waals surface area contributed by atoms with E-state index in [0.717, 1.165) is 12.3 Å². The Kier molecular flexibility index (Phi) is 4.08. The first-order chi connectivity index (χ1) is 7.42. The molecule has 2 N–H and O–H groups in total. The Balaban J connectivity index is 2.83. The van der Waals surface area contributed by atoms with Crippen LogP contribution in [0.1, 0.15) is 0 Å². The molecule has 1 aromatic rings. The van der Waals surface area contributed by atoms with Crippen LogP contribution in [0, 0.1) is 5.82 Å². The van der Waals surface area contributed by atoms with E-state index < -0.39 is 15.8 Å². The Morgan fingerprint density at radius 1 is 1.44 bits per heavy atom. The van der Waals surface area contributed by atoms with Crippen molar-refractivity contribution < 1.29 is 17.5 Å². The van der Waals surface area contributed by atoms with Crippen LogP contribution in [0.4, 0.5) is 10.1 Å². The topological polar surface area (TPSA) is 67.4 Å². The van der Waals surface area contributed by atoms with Gasteiger partial charge in [0.05, 0.1) is 11.9 Å². The molecule has 0 aromatic heterocycles. The van der Waals surface area contributed by atoms with Gasteiger partial charge in [0.1, 0.15) is 12.5 Å². The summed E-state index contributed by atoms with van der Waals surface area (Å²) in [5.41, 5.74) is -0.0979. The van der Waals surface area contributed by atoms with E-state index in [1.54, 1.807) is 7.05 Å². The van der Waals surface area contributed by atoms with Crippen molar-refractivity contribution in [3.05, 3.63) is 24.0 Å². The second-order valence-electron chi connectivity index (χ2n) is 3.16. The fraction of sp³-hybridized carbons (Fsp3) is 0.333. The average molecular weight is 248 g/mol. The van der Waals surface area contributed by atoms with Gasteiger partial charge in [0.2, 0.25) is 10.0 Å². The van der Waals surface area contributed by atoms with Crippen LogP contribution in [0.15, 0.2) is 18.2 Å². The zero-order valence-corrected chi connectivity index (χ0v) is 9.77. The number of rotatable bonds is 5. The van der Waals surface area contributed by atoms with Crippen LogP contribution in [-0.2, 0) is 10.0 Å². The third-order valence-electron chi connectivity index (χ3n) is 1.62. The number of ether oxygens (including phenoxy) is 1. The molecule has 0 saturated heterocycles. The molecule has 0 heterocycles. The molecule has 0 spiro atoms. The molecule has 16 heavy (non-hydrogen) atoms. The van der Waals surface area contributed by atoms with Crippen molar-refractivity contribution >= 4 is 15.7 Å². The molecule has 0 radical (unpaired) electrons. The fourth-order valence-corrected chi connectivity index (χ4v) is 1.59. The summed E-state index contributed by atoms with van der Waals surface area (Å²) >= 11 is 0. The van der Waals surface area contributed by atoms with Crippen LogP contribution < -0.4 is 14.8 Å². The smallest absolute Gasteiger partial charge is 0.229 e. The van der Waals surface area contributed by atoms with Crippen molar-refractivity contribution in [2.75, 3.05) is 24.8 Å². The van der Waals surface area contributed by atoms with E-state index in [1.807, 2.05) is 0 Å². The molecule has 0 aliphatic carbocycles. The lowest BCUT2D eigenvalue weighted by Crippen LogP contribution is -2.14. The summed E-state index contributed by atoms with van der Waals surface area (Å²) in [6, 6.07) is 3.90. The van der Waals surface area contributed by atoms with Gasteiger partial charge in [-0.05, 0) is 19.2 Å². The minimum atomic E-state index is -3.47. The summed E-state index contributed by atoms with van der Waals surface area (Å²) in [6.45, 7) is 0.248. The quantitative estimate of drug-likeness (QED) is 0.755. The number of sulfonamides is 1. The number of hydrogen-bond donors (Lipinski definition) is 2. The molecular weight excluding hydrogens is 235 g/mol. The van der Waals surface area contributed by atoms with E-state index in [9.17, 15) is 12.8 Å². The highest BCUT2D eigenvalue weighted by Gasteiger charge is 2.08. The third-order valence-corrected chi connectivity index (χ3v) is 2.21. The summed E-state index contributed by atoms with van der Waals surface area (Å²) < 4.78 is 42.3. The van der Waals surface area contributed by atoms with Gasteiger partial charge in [-0.15, -0.1) is 0 Å². The highest BCUT2D eigenvalue weighted by molar-refractivity contribution is 7.92. The second kappa shape index (κ2) is 5.13. The maximum Gasteiger partial charge on any atom is 0.229 e. The van der Waals surface area contributed by atoms with Crippen molar-refractivity contribution in [2.24, 2.45) is 0 Å². The molecule has 1 aromatic carbocycles. The van der Waals surface area contributed by atoms with Crippen molar-refractivity contribution in [2.45, 2.75) is 0 Å². The van der Waals surface area contributed by atoms with Gasteiger partial charge in [0, 0.05) is 6.07 Å². The molecule has 0 bridgehead atoms. The van der Waals surface area contributed by atoms with E-state index in [4.69, 9.17) is 4.74 Å². The predicted octanol–water partition coefficient (Wildman–Crippen LogP) is 0.753. The maximum absolute atomic E-state index is 13.4. The van der Waals surface area contributed by atoms with Crippen molar-refractivity contribution in [3.8, 4) is 5.75 Å². The summed E-state index contributed by atoms with van der Waals surface area (Å²) in [7, 11) is -1.78. The van der Waals surface area contributed by atoms with Gasteiger partial charge in [-0.1, -0.05) is 0 Å². The number of anilines is 1. The summed E-state index contributed by atoms with van der Waals surface area (Å²) in [5.74, 6) is -0.357. The molecule has 0 fully saturated rings. The first-order valence-electron chi connectivity index (χ1n) is 4.47. The maximum atomic E-state index is 13.4. The minimum absolute atomic E-state index is 0.0979. The molecule has 0 amide bonds. The average Bonchev–Trinajstić information content (AvgIpc) is 2.17. The lowest BCUT2D eigenvalue weighted by atomic mass is 10.3. The zero-order valence-electron chi connectivity index (χ0n) is 8.95. The fourth-order valence-electron chi connectivity index (χ4n) is 1.02. The molecule has 1 rings (SSSR count). The highest BCUT2D eigenvalue weighted by atomic mass is 32.2. The van der Waals surface area contributed by atoms with Gasteiger partial charge in [-0.3, -0.25) is 10.0 Å². The van der Waals surface area contributed by atoms with E-state index in [2.05, 4.69) is 10.0 Å². The lowest BCUT2D eigenvalue weighted by Gasteiger charge is -2.08. The first-order valence-corrected chi connectivity index (χ1v) is 6.36. The molecule has 0 unspecified atom stereocenters. The largest absolute Gasteiger partial charge is 0.478 e. The zero-order chi connectivity index (χ0) is 12.2. The van der Waals surface area contributed by atoms with Crippen LogP contribution in [0.2, 0.25) is 0 Å². The van der Waals surface area contributed by atoms with Gasteiger partial charge in [-0.2, -0.15) is 0 Å². The molecular formula is C9H13FN2O3S. The van der Waals surface area contributed by atoms with E-state index in [1.165, 1.54) is 12.1 Å². The Hall–Kier alpha value is -1.34. The Morgan fingerprint density at radius 3 is 2.62 bits per heavy atom. The van der Waals surface area contributed by atoms with E-state index in [0.29, 0.717) is 5.75 Å². The Labute approximate surface area is 93.7 Å². The van der Waals surface area contributed by atoms with Crippen molar-refractivity contribution in [1.29, 1.82) is 0 Å². The van der Waals surface area contributed by atoms with E-state index >= 15 is 0 Å². The predicted molar refractivity (Wildman–Crippen MR) is 59.4 cm³/mol. The molecule has 0 saturated carbocycles. The minimum Gasteiger partial charge on any atom is -0.478 e. The van der Waals surface area contributed by atoms with Crippen LogP contribution in [-0.4, -0.2) is 28.5 Å². The lowest BCUT2D eigenvalue weighted by molar-refractivity contribution is 0.294. The molecule has 0 aliphatic rings. The van der Waals surface area contributed by atoms with Gasteiger partial charge < -0.3 is 4.74 Å². The normalized spacial score (nSPS) is 11.2. The van der Waals surface area contributed by atoms with Crippen molar-refractivity contribution in [1.82, 2.24) is 5.32 Å². The van der Waals surface area contributed by atoms with Crippen LogP contribution in [0.3, 0.4) is 0 Å². The molecule has 7 heteroatoms. The Morgan fingerprint density at radius 2 is 2.12 bits per heavy atom. The summed E-state index contributed by atoms with van der Waals surface area (Å²) in [5, 5.41) is 2.73. The summed E-state index contributed by atoms with van der Waals surface area (Å²) in [4.78, 5) is 0. The van der Waals surface area contributed by atoms with Gasteiger partial charge in [-0.25, -0.2) is 12.8 Å². The molecule has 90 valence electrons. The molecule has 5 nitrogen and oxygen atoms in total. The van der Waals surface area contributed by atoms with Crippen LogP contribution >= 0.6 is 0 Å². The van der Waals surface area contributed by atoms with E-state index in [-0.39, 0.29) is 12.4 Å². The summed E-state index contributed by atoms with van der Waals surface area (Å²) in [6.07, 6.45) is 0.956. The number of benzene rings is 1. The van der Waals surface area contributed by atoms with Gasteiger partial charge in [0.25, 0.3) is 0 Å². The number of nitrogens with one attached hydrogen (secondary N) is 2. The third kappa shape index (κ3) is 4.03. The monoisotopic (exact) mass is 248 g/mol. The standard InChI is InChI=1S/C9H13FN2O3S/c1-11-6-15-7-3-4-9(8(10)5-7)12-16(2,13)14/h3-5,11-12H,6H2,1-2H3. The number of halogens is 1. The van der Waals surface area contributed by atoms with Crippen LogP contribution in [0.25, 0.3) is 0 Å². The van der Waals surface area contributed by atoms with Crippen molar-refractivity contribution in [3.63, 3.8) is 0 Å². The van der Waals surface area contributed by atoms with Gasteiger partial charge in [0.15, 0.2) is 5.82 Å². The molecule has 0 atom stereocenters. The second-order valence-corrected chi connectivity index (χ2v) is 4.91.